The van der Waals surface area contributed by atoms with Crippen LogP contribution in [0.2, 0.25) is 5.02 Å². The van der Waals surface area contributed by atoms with Gasteiger partial charge in [0.1, 0.15) is 0 Å². The molecule has 20 heavy (non-hydrogen) atoms. The van der Waals surface area contributed by atoms with Gasteiger partial charge in [0, 0.05) is 11.6 Å². The van der Waals surface area contributed by atoms with Crippen LogP contribution in [0.4, 0.5) is 0 Å². The van der Waals surface area contributed by atoms with E-state index in [0.29, 0.717) is 23.6 Å². The van der Waals surface area contributed by atoms with Gasteiger partial charge in [-0.2, -0.15) is 5.26 Å². The maximum atomic E-state index is 11.8. The summed E-state index contributed by atoms with van der Waals surface area (Å²) in [6.45, 7) is 0.478. The highest BCUT2D eigenvalue weighted by Crippen LogP contribution is 2.09. The Balaban J connectivity index is 1.86. The topological polar surface area (TPSA) is 52.9 Å². The number of hydrogen-bond donors (Lipinski definition) is 1. The maximum Gasteiger partial charge on any atom is 0.224 e. The Kier molecular flexibility index (Phi) is 4.75. The molecule has 100 valence electrons. The highest BCUT2D eigenvalue weighted by atomic mass is 35.5. The van der Waals surface area contributed by atoms with E-state index in [0.717, 1.165) is 11.1 Å². The van der Waals surface area contributed by atoms with Gasteiger partial charge in [0.25, 0.3) is 0 Å². The summed E-state index contributed by atoms with van der Waals surface area (Å²) in [7, 11) is 0. The molecule has 2 rings (SSSR count). The minimum atomic E-state index is -0.0512. The van der Waals surface area contributed by atoms with E-state index in [4.69, 9.17) is 16.9 Å². The molecule has 0 saturated heterocycles. The van der Waals surface area contributed by atoms with Gasteiger partial charge >= 0.3 is 0 Å². The van der Waals surface area contributed by atoms with Gasteiger partial charge in [-0.05, 0) is 35.4 Å². The Morgan fingerprint density at radius 3 is 2.25 bits per heavy atom. The number of nitriles is 1. The molecule has 0 radical (unpaired) electrons. The van der Waals surface area contributed by atoms with E-state index in [1.165, 1.54) is 0 Å². The smallest absolute Gasteiger partial charge is 0.224 e. The Bertz CT molecular complexity index is 627. The van der Waals surface area contributed by atoms with Crippen LogP contribution >= 0.6 is 11.6 Å². The second kappa shape index (κ2) is 6.74. The number of nitrogens with zero attached hydrogens (tertiary/aromatic N) is 1. The number of halogens is 1. The molecule has 2 aromatic rings. The van der Waals surface area contributed by atoms with E-state index in [1.807, 2.05) is 18.2 Å². The molecule has 0 aliphatic rings. The predicted octanol–water partition coefficient (Wildman–Crippen LogP) is 3.07. The molecule has 2 aromatic carbocycles. The number of amides is 1. The van der Waals surface area contributed by atoms with Crippen LogP contribution in [0.1, 0.15) is 16.7 Å². The molecule has 0 aromatic heterocycles. The molecule has 1 N–H and O–H groups in total. The van der Waals surface area contributed by atoms with Gasteiger partial charge in [-0.3, -0.25) is 4.79 Å². The molecule has 0 bridgehead atoms. The average molecular weight is 285 g/mol. The van der Waals surface area contributed by atoms with E-state index in [-0.39, 0.29) is 5.91 Å². The van der Waals surface area contributed by atoms with Crippen molar-refractivity contribution in [1.29, 1.82) is 5.26 Å². The number of benzene rings is 2. The fraction of sp³-hybridized carbons (Fsp3) is 0.125. The Labute approximate surface area is 122 Å². The van der Waals surface area contributed by atoms with Crippen LogP contribution in [0.5, 0.6) is 0 Å². The van der Waals surface area contributed by atoms with Crippen molar-refractivity contribution in [1.82, 2.24) is 5.32 Å². The molecule has 0 heterocycles. The molecular weight excluding hydrogens is 272 g/mol. The summed E-state index contributed by atoms with van der Waals surface area (Å²) >= 11 is 5.80. The molecule has 3 nitrogen and oxygen atoms in total. The Morgan fingerprint density at radius 2 is 1.65 bits per heavy atom. The SMILES string of the molecule is N#Cc1ccc(CC(=O)NCc2ccc(Cl)cc2)cc1. The highest BCUT2D eigenvalue weighted by molar-refractivity contribution is 6.30. The van der Waals surface area contributed by atoms with E-state index in [9.17, 15) is 4.79 Å². The Hall–Kier alpha value is -2.31. The van der Waals surface area contributed by atoms with Crippen LogP contribution in [0, 0.1) is 11.3 Å². The lowest BCUT2D eigenvalue weighted by Gasteiger charge is -2.06. The quantitative estimate of drug-likeness (QED) is 0.938. The van der Waals surface area contributed by atoms with E-state index >= 15 is 0 Å². The van der Waals surface area contributed by atoms with E-state index in [2.05, 4.69) is 5.32 Å². The van der Waals surface area contributed by atoms with Crippen molar-refractivity contribution in [2.24, 2.45) is 0 Å². The number of carbonyl (C=O) groups excluding carboxylic acids is 1. The number of nitrogens with one attached hydrogen (secondary N) is 1. The van der Waals surface area contributed by atoms with Gasteiger partial charge in [0.2, 0.25) is 5.91 Å². The largest absolute Gasteiger partial charge is 0.352 e. The molecule has 0 aliphatic heterocycles. The van der Waals surface area contributed by atoms with Crippen molar-refractivity contribution in [3.8, 4) is 6.07 Å². The third-order valence-electron chi connectivity index (χ3n) is 2.85. The summed E-state index contributed by atoms with van der Waals surface area (Å²) in [5, 5.41) is 12.2. The molecular formula is C16H13ClN2O. The number of carbonyl (C=O) groups is 1. The number of rotatable bonds is 4. The minimum Gasteiger partial charge on any atom is -0.352 e. The molecule has 0 fully saturated rings. The minimum absolute atomic E-state index is 0.0512. The summed E-state index contributed by atoms with van der Waals surface area (Å²) in [4.78, 5) is 11.8. The normalized spacial score (nSPS) is 9.80. The van der Waals surface area contributed by atoms with Crippen LogP contribution in [0.15, 0.2) is 48.5 Å². The Morgan fingerprint density at radius 1 is 1.05 bits per heavy atom. The second-order valence-electron chi connectivity index (χ2n) is 4.39. The van der Waals surface area contributed by atoms with Crippen LogP contribution < -0.4 is 5.32 Å². The molecule has 0 aliphatic carbocycles. The summed E-state index contributed by atoms with van der Waals surface area (Å²) in [5.41, 5.74) is 2.48. The molecule has 0 spiro atoms. The predicted molar refractivity (Wildman–Crippen MR) is 78.2 cm³/mol. The molecule has 1 amide bonds. The van der Waals surface area contributed by atoms with Crippen LogP contribution in [-0.4, -0.2) is 5.91 Å². The third kappa shape index (κ3) is 4.11. The average Bonchev–Trinajstić information content (AvgIpc) is 2.47. The van der Waals surface area contributed by atoms with Crippen molar-refractivity contribution < 1.29 is 4.79 Å². The van der Waals surface area contributed by atoms with Crippen LogP contribution in [0.25, 0.3) is 0 Å². The first-order valence-electron chi connectivity index (χ1n) is 6.17. The molecule has 4 heteroatoms. The van der Waals surface area contributed by atoms with Gasteiger partial charge in [-0.15, -0.1) is 0 Å². The summed E-state index contributed by atoms with van der Waals surface area (Å²) < 4.78 is 0. The van der Waals surface area contributed by atoms with Crippen molar-refractivity contribution in [2.45, 2.75) is 13.0 Å². The molecule has 0 atom stereocenters. The van der Waals surface area contributed by atoms with Crippen molar-refractivity contribution in [3.05, 3.63) is 70.2 Å². The van der Waals surface area contributed by atoms with Crippen molar-refractivity contribution in [3.63, 3.8) is 0 Å². The first-order chi connectivity index (χ1) is 9.67. The number of hydrogen-bond acceptors (Lipinski definition) is 2. The fourth-order valence-corrected chi connectivity index (χ4v) is 1.87. The van der Waals surface area contributed by atoms with Gasteiger partial charge in [0.15, 0.2) is 0 Å². The maximum absolute atomic E-state index is 11.8. The third-order valence-corrected chi connectivity index (χ3v) is 3.10. The van der Waals surface area contributed by atoms with Crippen LogP contribution in [-0.2, 0) is 17.8 Å². The van der Waals surface area contributed by atoms with Crippen molar-refractivity contribution >= 4 is 17.5 Å². The zero-order valence-corrected chi connectivity index (χ0v) is 11.5. The zero-order chi connectivity index (χ0) is 14.4. The summed E-state index contributed by atoms with van der Waals surface area (Å²) in [5.74, 6) is -0.0512. The monoisotopic (exact) mass is 284 g/mol. The van der Waals surface area contributed by atoms with Crippen molar-refractivity contribution in [2.75, 3.05) is 0 Å². The van der Waals surface area contributed by atoms with Crippen LogP contribution in [0.3, 0.4) is 0 Å². The second-order valence-corrected chi connectivity index (χ2v) is 4.83. The van der Waals surface area contributed by atoms with E-state index in [1.54, 1.807) is 36.4 Å². The first-order valence-corrected chi connectivity index (χ1v) is 6.55. The molecule has 0 unspecified atom stereocenters. The highest BCUT2D eigenvalue weighted by Gasteiger charge is 2.03. The van der Waals surface area contributed by atoms with Gasteiger partial charge in [0.05, 0.1) is 18.1 Å². The lowest BCUT2D eigenvalue weighted by molar-refractivity contribution is -0.120. The van der Waals surface area contributed by atoms with E-state index < -0.39 is 0 Å². The zero-order valence-electron chi connectivity index (χ0n) is 10.8. The summed E-state index contributed by atoms with van der Waals surface area (Å²) in [6.07, 6.45) is 0.305. The lowest BCUT2D eigenvalue weighted by atomic mass is 10.1. The lowest BCUT2D eigenvalue weighted by Crippen LogP contribution is -2.24. The van der Waals surface area contributed by atoms with Gasteiger partial charge in [-0.1, -0.05) is 35.9 Å². The van der Waals surface area contributed by atoms with Gasteiger partial charge < -0.3 is 5.32 Å². The van der Waals surface area contributed by atoms with Gasteiger partial charge in [-0.25, -0.2) is 0 Å². The summed E-state index contributed by atoms with van der Waals surface area (Å²) in [6, 6.07) is 16.4. The molecule has 0 saturated carbocycles. The standard InChI is InChI=1S/C16H13ClN2O/c17-15-7-5-14(6-8-15)11-19-16(20)9-12-1-3-13(10-18)4-2-12/h1-8H,9,11H2,(H,19,20). The first kappa shape index (κ1) is 14.1. The fourth-order valence-electron chi connectivity index (χ4n) is 1.75.